The zero-order valence-electron chi connectivity index (χ0n) is 20.0. The molecule has 0 bridgehead atoms. The molecule has 0 saturated heterocycles. The molecule has 2 aliphatic rings. The van der Waals surface area contributed by atoms with E-state index in [1.807, 2.05) is 0 Å². The molecule has 1 saturated carbocycles. The van der Waals surface area contributed by atoms with Crippen molar-refractivity contribution in [3.8, 4) is 0 Å². The summed E-state index contributed by atoms with van der Waals surface area (Å²) in [7, 11) is -4.10. The summed E-state index contributed by atoms with van der Waals surface area (Å²) < 4.78 is 103. The Labute approximate surface area is 206 Å². The predicted octanol–water partition coefficient (Wildman–Crippen LogP) is 6.75. The molecule has 1 aromatic carbocycles. The number of hydrogen-bond donors (Lipinski definition) is 0. The second kappa shape index (κ2) is 10.3. The summed E-state index contributed by atoms with van der Waals surface area (Å²) in [6, 6.07) is 3.65. The van der Waals surface area contributed by atoms with E-state index >= 15 is 0 Å². The van der Waals surface area contributed by atoms with Crippen molar-refractivity contribution in [2.75, 3.05) is 6.54 Å². The first-order chi connectivity index (χ1) is 16.5. The Kier molecular flexibility index (Phi) is 8.13. The van der Waals surface area contributed by atoms with E-state index in [-0.39, 0.29) is 24.7 Å². The molecule has 0 radical (unpaired) electrons. The fourth-order valence-electron chi connectivity index (χ4n) is 4.69. The number of nitrogens with zero attached hydrogens (tertiary/aromatic N) is 1. The van der Waals surface area contributed by atoms with E-state index in [1.54, 1.807) is 0 Å². The first-order valence-electron chi connectivity index (χ1n) is 11.8. The Morgan fingerprint density at radius 2 is 1.72 bits per heavy atom. The van der Waals surface area contributed by atoms with Gasteiger partial charge in [0.1, 0.15) is 11.5 Å². The van der Waals surface area contributed by atoms with Crippen LogP contribution >= 0.6 is 0 Å². The Morgan fingerprint density at radius 1 is 1.06 bits per heavy atom. The molecule has 4 nitrogen and oxygen atoms in total. The molecular formula is C25H29F6NO3S. The number of carbonyl (C=O) groups excluding carboxylic acids is 1. The van der Waals surface area contributed by atoms with Crippen molar-refractivity contribution in [3.63, 3.8) is 0 Å². The number of rotatable bonds is 8. The standard InChI is InChI=1S/C25H29F6NO3S/c1-23(2,36(34,35)20-9-4-8-18(15-20)24(26,27)28)19-13-17(14-19)21(33)10-3-6-16-7-5-11-32-22(12-16)25(29,30)31/h4,8-9,12,15,17,19H,3,5-7,10-11,13-14H2,1-2H3. The number of benzene rings is 1. The number of aliphatic imine (C=N–C) groups is 1. The summed E-state index contributed by atoms with van der Waals surface area (Å²) in [4.78, 5) is 15.8. The van der Waals surface area contributed by atoms with Crippen molar-refractivity contribution in [3.05, 3.63) is 41.5 Å². The number of carbonyl (C=O) groups is 1. The second-order valence-corrected chi connectivity index (χ2v) is 12.5. The summed E-state index contributed by atoms with van der Waals surface area (Å²) in [5.74, 6) is -0.833. The molecule has 1 aromatic rings. The van der Waals surface area contributed by atoms with Crippen LogP contribution in [-0.4, -0.2) is 37.4 Å². The number of alkyl halides is 6. The van der Waals surface area contributed by atoms with Crippen LogP contribution in [0.25, 0.3) is 0 Å². The molecule has 200 valence electrons. The smallest absolute Gasteiger partial charge is 0.299 e. The second-order valence-electron chi connectivity index (χ2n) is 9.99. The number of halogens is 6. The molecule has 0 unspecified atom stereocenters. The van der Waals surface area contributed by atoms with E-state index in [9.17, 15) is 39.6 Å². The van der Waals surface area contributed by atoms with Crippen LogP contribution in [0.5, 0.6) is 0 Å². The van der Waals surface area contributed by atoms with E-state index in [1.165, 1.54) is 13.8 Å². The molecule has 1 heterocycles. The molecule has 0 N–H and O–H groups in total. The SMILES string of the molecule is CC(C)(C1CC(C(=O)CCCC2=CC(C(F)(F)F)=NCCC2)C1)S(=O)(=O)c1cccc(C(F)(F)F)c1. The summed E-state index contributed by atoms with van der Waals surface area (Å²) >= 11 is 0. The van der Waals surface area contributed by atoms with Crippen LogP contribution < -0.4 is 0 Å². The molecule has 0 aromatic heterocycles. The largest absolute Gasteiger partial charge is 0.432 e. The van der Waals surface area contributed by atoms with Gasteiger partial charge in [-0.1, -0.05) is 11.6 Å². The van der Waals surface area contributed by atoms with Crippen LogP contribution in [0.15, 0.2) is 45.8 Å². The van der Waals surface area contributed by atoms with Gasteiger partial charge in [-0.3, -0.25) is 9.79 Å². The molecule has 0 spiro atoms. The predicted molar refractivity (Wildman–Crippen MR) is 123 cm³/mol. The van der Waals surface area contributed by atoms with Gasteiger partial charge in [0, 0.05) is 18.9 Å². The third-order valence-corrected chi connectivity index (χ3v) is 9.82. The lowest BCUT2D eigenvalue weighted by atomic mass is 9.67. The van der Waals surface area contributed by atoms with Gasteiger partial charge in [0.05, 0.1) is 15.2 Å². The molecule has 36 heavy (non-hydrogen) atoms. The van der Waals surface area contributed by atoms with Gasteiger partial charge < -0.3 is 0 Å². The van der Waals surface area contributed by atoms with Gasteiger partial charge in [0.15, 0.2) is 9.84 Å². The number of allylic oxidation sites excluding steroid dienone is 2. The van der Waals surface area contributed by atoms with Crippen molar-refractivity contribution in [2.45, 2.75) is 80.8 Å². The monoisotopic (exact) mass is 537 g/mol. The summed E-state index contributed by atoms with van der Waals surface area (Å²) in [6.45, 7) is 3.04. The van der Waals surface area contributed by atoms with Crippen molar-refractivity contribution in [2.24, 2.45) is 16.8 Å². The highest BCUT2D eigenvalue weighted by Crippen LogP contribution is 2.47. The normalized spacial score (nSPS) is 21.8. The fourth-order valence-corrected chi connectivity index (χ4v) is 6.47. The summed E-state index contributed by atoms with van der Waals surface area (Å²) in [6.07, 6.45) is -5.58. The molecule has 11 heteroatoms. The van der Waals surface area contributed by atoms with Crippen LogP contribution in [0.1, 0.15) is 64.4 Å². The average Bonchev–Trinajstić information content (AvgIpc) is 2.98. The Balaban J connectivity index is 1.56. The van der Waals surface area contributed by atoms with E-state index < -0.39 is 49.0 Å². The van der Waals surface area contributed by atoms with Crippen LogP contribution in [0.2, 0.25) is 0 Å². The average molecular weight is 538 g/mol. The quantitative estimate of drug-likeness (QED) is 0.345. The molecule has 1 aliphatic carbocycles. The topological polar surface area (TPSA) is 63.6 Å². The van der Waals surface area contributed by atoms with Gasteiger partial charge in [-0.15, -0.1) is 0 Å². The molecule has 1 aliphatic heterocycles. The zero-order chi connectivity index (χ0) is 26.9. The Hall–Kier alpha value is -2.17. The third-order valence-electron chi connectivity index (χ3n) is 7.23. The van der Waals surface area contributed by atoms with Gasteiger partial charge >= 0.3 is 12.4 Å². The van der Waals surface area contributed by atoms with E-state index in [0.717, 1.165) is 24.3 Å². The first kappa shape index (κ1) is 28.4. The Morgan fingerprint density at radius 3 is 2.33 bits per heavy atom. The van der Waals surface area contributed by atoms with Gasteiger partial charge in [0.2, 0.25) is 0 Å². The van der Waals surface area contributed by atoms with Crippen LogP contribution in [0.4, 0.5) is 26.3 Å². The maximum absolute atomic E-state index is 13.2. The molecule has 1 fully saturated rings. The minimum absolute atomic E-state index is 0.0718. The molecule has 0 amide bonds. The highest BCUT2D eigenvalue weighted by Gasteiger charge is 2.50. The van der Waals surface area contributed by atoms with Crippen molar-refractivity contribution in [1.29, 1.82) is 0 Å². The van der Waals surface area contributed by atoms with Gasteiger partial charge in [-0.05, 0) is 82.6 Å². The third kappa shape index (κ3) is 6.20. The number of hydrogen-bond acceptors (Lipinski definition) is 4. The van der Waals surface area contributed by atoms with E-state index in [0.29, 0.717) is 50.2 Å². The molecule has 3 rings (SSSR count). The maximum atomic E-state index is 13.2. The van der Waals surface area contributed by atoms with Crippen LogP contribution in [0.3, 0.4) is 0 Å². The number of sulfone groups is 1. The fraction of sp³-hybridized carbons (Fsp3) is 0.600. The zero-order valence-corrected chi connectivity index (χ0v) is 20.9. The summed E-state index contributed by atoms with van der Waals surface area (Å²) in [5, 5.41) is 0. The number of Topliss-reactive ketones (excluding diaryl/α,β-unsaturated/α-hetero) is 1. The highest BCUT2D eigenvalue weighted by molar-refractivity contribution is 7.92. The van der Waals surface area contributed by atoms with Crippen LogP contribution in [0, 0.1) is 11.8 Å². The molecular weight excluding hydrogens is 508 g/mol. The lowest BCUT2D eigenvalue weighted by Crippen LogP contribution is -2.48. The van der Waals surface area contributed by atoms with Gasteiger partial charge in [-0.2, -0.15) is 26.3 Å². The van der Waals surface area contributed by atoms with Crippen molar-refractivity contribution >= 4 is 21.3 Å². The highest BCUT2D eigenvalue weighted by atomic mass is 32.2. The van der Waals surface area contributed by atoms with Crippen molar-refractivity contribution < 1.29 is 39.6 Å². The minimum atomic E-state index is -4.67. The lowest BCUT2D eigenvalue weighted by Gasteiger charge is -2.44. The van der Waals surface area contributed by atoms with Crippen LogP contribution in [-0.2, 0) is 20.8 Å². The van der Waals surface area contributed by atoms with Gasteiger partial charge in [0.25, 0.3) is 0 Å². The maximum Gasteiger partial charge on any atom is 0.432 e. The minimum Gasteiger partial charge on any atom is -0.299 e. The first-order valence-corrected chi connectivity index (χ1v) is 13.3. The lowest BCUT2D eigenvalue weighted by molar-refractivity contribution is -0.137. The number of ketones is 1. The summed E-state index contributed by atoms with van der Waals surface area (Å²) in [5.41, 5.74) is -1.33. The van der Waals surface area contributed by atoms with Gasteiger partial charge in [-0.25, -0.2) is 8.42 Å². The van der Waals surface area contributed by atoms with E-state index in [2.05, 4.69) is 4.99 Å². The van der Waals surface area contributed by atoms with E-state index in [4.69, 9.17) is 0 Å². The van der Waals surface area contributed by atoms with Crippen molar-refractivity contribution in [1.82, 2.24) is 0 Å². The molecule has 0 atom stereocenters. The Bertz CT molecular complexity index is 1140.